The van der Waals surface area contributed by atoms with Crippen molar-refractivity contribution in [2.45, 2.75) is 58.2 Å². The molecule has 1 aromatic carbocycles. The molecule has 1 saturated carbocycles. The number of aliphatic hydroxyl groups is 1. The molecule has 1 aliphatic rings. The Kier molecular flexibility index (Phi) is 7.05. The van der Waals surface area contributed by atoms with Crippen LogP contribution >= 0.6 is 11.3 Å². The third-order valence-corrected chi connectivity index (χ3v) is 7.12. The van der Waals surface area contributed by atoms with Crippen molar-refractivity contribution in [1.82, 2.24) is 10.3 Å². The number of thiophene rings is 1. The second-order valence-electron chi connectivity index (χ2n) is 9.03. The number of carbonyl (C=O) groups excluding carboxylic acids is 2. The van der Waals surface area contributed by atoms with E-state index < -0.39 is 6.23 Å². The predicted molar refractivity (Wildman–Crippen MR) is 134 cm³/mol. The number of H-pyrrole nitrogens is 1. The minimum atomic E-state index is -0.946. The predicted octanol–water partition coefficient (Wildman–Crippen LogP) is 5.01. The molecule has 33 heavy (non-hydrogen) atoms. The summed E-state index contributed by atoms with van der Waals surface area (Å²) in [5.41, 5.74) is 1.95. The molecule has 1 fully saturated rings. The molecule has 0 saturated heterocycles. The smallest absolute Gasteiger partial charge is 0.255 e. The Balaban J connectivity index is 1.67. The number of hydrogen-bond acceptors (Lipinski definition) is 5. The van der Waals surface area contributed by atoms with Crippen molar-refractivity contribution in [2.75, 3.05) is 17.3 Å². The van der Waals surface area contributed by atoms with E-state index in [4.69, 9.17) is 0 Å². The number of aromatic nitrogens is 1. The molecule has 2 aromatic heterocycles. The number of aliphatic hydroxyl groups excluding tert-OH is 1. The average Bonchev–Trinajstić information content (AvgIpc) is 3.45. The van der Waals surface area contributed by atoms with E-state index >= 15 is 0 Å². The zero-order valence-electron chi connectivity index (χ0n) is 19.4. The van der Waals surface area contributed by atoms with Crippen molar-refractivity contribution < 1.29 is 14.7 Å². The molecule has 7 nitrogen and oxygen atoms in total. The summed E-state index contributed by atoms with van der Waals surface area (Å²) >= 11 is 1.43. The molecule has 0 aliphatic heterocycles. The normalized spacial score (nSPS) is 15.5. The van der Waals surface area contributed by atoms with Gasteiger partial charge in [-0.15, -0.1) is 11.3 Å². The zero-order chi connectivity index (χ0) is 23.5. The number of benzene rings is 1. The summed E-state index contributed by atoms with van der Waals surface area (Å²) in [4.78, 5) is 31.8. The molecule has 1 atom stereocenters. The first kappa shape index (κ1) is 23.3. The fraction of sp³-hybridized carbons (Fsp3) is 0.440. The number of carbonyl (C=O) groups is 2. The molecular formula is C25H32N4O3S. The van der Waals surface area contributed by atoms with Crippen molar-refractivity contribution in [3.8, 4) is 0 Å². The van der Waals surface area contributed by atoms with Crippen LogP contribution in [0.4, 0.5) is 11.5 Å². The van der Waals surface area contributed by atoms with Crippen LogP contribution in [0.15, 0.2) is 35.7 Å². The van der Waals surface area contributed by atoms with E-state index in [0.29, 0.717) is 11.4 Å². The van der Waals surface area contributed by atoms with Gasteiger partial charge < -0.3 is 25.6 Å². The number of rotatable bonds is 7. The summed E-state index contributed by atoms with van der Waals surface area (Å²) in [6.45, 7) is 3.81. The molecule has 2 heterocycles. The molecule has 1 aliphatic carbocycles. The third kappa shape index (κ3) is 5.07. The van der Waals surface area contributed by atoms with Gasteiger partial charge in [0.25, 0.3) is 5.91 Å². The Hall–Kier alpha value is -2.84. The fourth-order valence-electron chi connectivity index (χ4n) is 4.48. The van der Waals surface area contributed by atoms with E-state index in [1.165, 1.54) is 17.8 Å². The second-order valence-corrected chi connectivity index (χ2v) is 10.0. The first-order chi connectivity index (χ1) is 15.8. The van der Waals surface area contributed by atoms with Crippen LogP contribution < -0.4 is 15.5 Å². The lowest BCUT2D eigenvalue weighted by molar-refractivity contribution is -0.123. The molecule has 3 aromatic rings. The van der Waals surface area contributed by atoms with E-state index in [0.717, 1.165) is 47.2 Å². The van der Waals surface area contributed by atoms with Crippen LogP contribution in [0.2, 0.25) is 0 Å². The molecule has 176 valence electrons. The lowest BCUT2D eigenvalue weighted by Crippen LogP contribution is -2.33. The van der Waals surface area contributed by atoms with Gasteiger partial charge in [-0.05, 0) is 56.3 Å². The highest BCUT2D eigenvalue weighted by atomic mass is 32.1. The van der Waals surface area contributed by atoms with Crippen LogP contribution in [-0.2, 0) is 4.79 Å². The molecular weight excluding hydrogens is 436 g/mol. The topological polar surface area (TPSA) is 97.5 Å². The summed E-state index contributed by atoms with van der Waals surface area (Å²) in [7, 11) is 1.81. The fourth-order valence-corrected chi connectivity index (χ4v) is 5.14. The Bertz CT molecular complexity index is 1120. The molecule has 8 heteroatoms. The average molecular weight is 469 g/mol. The highest BCUT2D eigenvalue weighted by Gasteiger charge is 2.26. The van der Waals surface area contributed by atoms with Gasteiger partial charge in [-0.2, -0.15) is 0 Å². The van der Waals surface area contributed by atoms with Crippen molar-refractivity contribution in [2.24, 2.45) is 5.92 Å². The summed E-state index contributed by atoms with van der Waals surface area (Å²) in [6, 6.07) is 9.31. The van der Waals surface area contributed by atoms with Crippen molar-refractivity contribution in [1.29, 1.82) is 0 Å². The number of anilines is 2. The van der Waals surface area contributed by atoms with Crippen LogP contribution in [-0.4, -0.2) is 35.0 Å². The van der Waals surface area contributed by atoms with Gasteiger partial charge >= 0.3 is 0 Å². The van der Waals surface area contributed by atoms with Gasteiger partial charge in [0.2, 0.25) is 5.91 Å². The van der Waals surface area contributed by atoms with Crippen LogP contribution in [0, 0.1) is 5.92 Å². The number of hydrogen-bond donors (Lipinski definition) is 4. The standard InChI is InChI=1S/C25H32N4O3S/c1-15(2)26-24(31)21-18-12-11-17(29(3)25(32)16-8-5-4-6-9-16)14-19(18)27-22(21)28-23(30)20-10-7-13-33-20/h7,10-16,23,27-28,30H,4-6,8-9H2,1-3H3,(H,26,31). The first-order valence-corrected chi connectivity index (χ1v) is 12.4. The SMILES string of the molecule is CC(C)NC(=O)c1c(NC(O)c2cccs2)[nH]c2cc(N(C)C(=O)C3CCCCC3)ccc12. The van der Waals surface area contributed by atoms with Gasteiger partial charge in [-0.1, -0.05) is 25.3 Å². The minimum absolute atomic E-state index is 0.0314. The van der Waals surface area contributed by atoms with Crippen LogP contribution in [0.5, 0.6) is 0 Å². The maximum atomic E-state index is 13.0. The molecule has 4 rings (SSSR count). The molecule has 1 unspecified atom stereocenters. The zero-order valence-corrected chi connectivity index (χ0v) is 20.2. The minimum Gasteiger partial charge on any atom is -0.369 e. The number of aromatic amines is 1. The van der Waals surface area contributed by atoms with Gasteiger partial charge in [0.15, 0.2) is 6.23 Å². The van der Waals surface area contributed by atoms with Crippen LogP contribution in [0.25, 0.3) is 10.9 Å². The summed E-state index contributed by atoms with van der Waals surface area (Å²) < 4.78 is 0. The van der Waals surface area contributed by atoms with Gasteiger partial charge in [-0.3, -0.25) is 9.59 Å². The largest absolute Gasteiger partial charge is 0.369 e. The van der Waals surface area contributed by atoms with E-state index in [2.05, 4.69) is 15.6 Å². The van der Waals surface area contributed by atoms with Crippen LogP contribution in [0.1, 0.15) is 67.4 Å². The summed E-state index contributed by atoms with van der Waals surface area (Å²) in [5, 5.41) is 19.2. The molecule has 0 bridgehead atoms. The molecule has 2 amide bonds. The van der Waals surface area contributed by atoms with E-state index in [1.807, 2.05) is 56.6 Å². The Labute approximate surface area is 198 Å². The van der Waals surface area contributed by atoms with Crippen molar-refractivity contribution >= 4 is 45.6 Å². The van der Waals surface area contributed by atoms with E-state index in [1.54, 1.807) is 4.90 Å². The molecule has 4 N–H and O–H groups in total. The maximum Gasteiger partial charge on any atom is 0.255 e. The van der Waals surface area contributed by atoms with Crippen molar-refractivity contribution in [3.05, 3.63) is 46.2 Å². The van der Waals surface area contributed by atoms with E-state index in [-0.39, 0.29) is 23.8 Å². The highest BCUT2D eigenvalue weighted by molar-refractivity contribution is 7.10. The number of nitrogens with zero attached hydrogens (tertiary/aromatic N) is 1. The number of nitrogens with one attached hydrogen (secondary N) is 3. The Morgan fingerprint density at radius 2 is 1.94 bits per heavy atom. The third-order valence-electron chi connectivity index (χ3n) is 6.20. The Morgan fingerprint density at radius 1 is 1.18 bits per heavy atom. The maximum absolute atomic E-state index is 13.0. The van der Waals surface area contributed by atoms with Crippen molar-refractivity contribution in [3.63, 3.8) is 0 Å². The monoisotopic (exact) mass is 468 g/mol. The van der Waals surface area contributed by atoms with E-state index in [9.17, 15) is 14.7 Å². The van der Waals surface area contributed by atoms with Gasteiger partial charge in [0.05, 0.1) is 10.4 Å². The lowest BCUT2D eigenvalue weighted by atomic mass is 9.88. The molecule has 0 radical (unpaired) electrons. The highest BCUT2D eigenvalue weighted by Crippen LogP contribution is 2.33. The number of fused-ring (bicyclic) bond motifs is 1. The Morgan fingerprint density at radius 3 is 2.61 bits per heavy atom. The summed E-state index contributed by atoms with van der Waals surface area (Å²) in [6.07, 6.45) is 4.37. The quantitative estimate of drug-likeness (QED) is 0.366. The van der Waals surface area contributed by atoms with Gasteiger partial charge in [0.1, 0.15) is 5.82 Å². The van der Waals surface area contributed by atoms with Gasteiger partial charge in [0, 0.05) is 35.6 Å². The van der Waals surface area contributed by atoms with Gasteiger partial charge in [-0.25, -0.2) is 0 Å². The lowest BCUT2D eigenvalue weighted by Gasteiger charge is -2.26. The number of amides is 2. The summed E-state index contributed by atoms with van der Waals surface area (Å²) in [5.74, 6) is 0.442. The first-order valence-electron chi connectivity index (χ1n) is 11.6. The molecule has 0 spiro atoms. The van der Waals surface area contributed by atoms with Crippen LogP contribution in [0.3, 0.4) is 0 Å². The second kappa shape index (κ2) is 9.97.